The molecular weight excluding hydrogens is 460 g/mol. The molecule has 1 saturated heterocycles. The summed E-state index contributed by atoms with van der Waals surface area (Å²) >= 11 is 1.21. The van der Waals surface area contributed by atoms with Crippen molar-refractivity contribution in [3.8, 4) is 11.5 Å². The number of carbonyl (C=O) groups is 1. The van der Waals surface area contributed by atoms with Gasteiger partial charge in [-0.15, -0.1) is 10.2 Å². The van der Waals surface area contributed by atoms with Crippen LogP contribution in [0.4, 0.5) is 0 Å². The van der Waals surface area contributed by atoms with Crippen LogP contribution in [0.25, 0.3) is 11.5 Å². The van der Waals surface area contributed by atoms with Crippen molar-refractivity contribution in [2.45, 2.75) is 68.0 Å². The molecule has 0 radical (unpaired) electrons. The maximum atomic E-state index is 13.0. The van der Waals surface area contributed by atoms with Crippen LogP contribution in [0.15, 0.2) is 38.8 Å². The van der Waals surface area contributed by atoms with E-state index in [2.05, 4.69) is 17.1 Å². The number of carbonyl (C=O) groups excluding carboxylic acids is 1. The second-order valence-electron chi connectivity index (χ2n) is 9.07. The Morgan fingerprint density at radius 2 is 1.88 bits per heavy atom. The summed E-state index contributed by atoms with van der Waals surface area (Å²) in [5.74, 6) is 1.27. The van der Waals surface area contributed by atoms with Gasteiger partial charge in [0, 0.05) is 31.7 Å². The van der Waals surface area contributed by atoms with Crippen LogP contribution in [0.2, 0.25) is 0 Å². The fourth-order valence-electron chi connectivity index (χ4n) is 4.49. The van der Waals surface area contributed by atoms with Crippen molar-refractivity contribution in [3.63, 3.8) is 0 Å². The number of amides is 1. The van der Waals surface area contributed by atoms with Gasteiger partial charge in [-0.3, -0.25) is 4.79 Å². The van der Waals surface area contributed by atoms with Crippen LogP contribution in [0.5, 0.6) is 0 Å². The van der Waals surface area contributed by atoms with Gasteiger partial charge in [0.25, 0.3) is 5.22 Å². The average Bonchev–Trinajstić information content (AvgIpc) is 3.32. The third kappa shape index (κ3) is 5.78. The van der Waals surface area contributed by atoms with Gasteiger partial charge in [0.15, 0.2) is 0 Å². The Kier molecular flexibility index (Phi) is 7.76. The smallest absolute Gasteiger partial charge is 0.277 e. The molecule has 1 aliphatic carbocycles. The quantitative estimate of drug-likeness (QED) is 0.538. The van der Waals surface area contributed by atoms with E-state index in [1.54, 1.807) is 28.6 Å². The van der Waals surface area contributed by atoms with Crippen LogP contribution in [0.3, 0.4) is 0 Å². The Labute approximate surface area is 200 Å². The maximum Gasteiger partial charge on any atom is 0.277 e. The Morgan fingerprint density at radius 3 is 2.61 bits per heavy atom. The van der Waals surface area contributed by atoms with E-state index >= 15 is 0 Å². The highest BCUT2D eigenvalue weighted by Crippen LogP contribution is 2.29. The molecule has 1 aliphatic heterocycles. The monoisotopic (exact) mass is 492 g/mol. The summed E-state index contributed by atoms with van der Waals surface area (Å²) in [5.41, 5.74) is 0.548. The molecule has 1 aromatic carbocycles. The summed E-state index contributed by atoms with van der Waals surface area (Å²) in [6.45, 7) is 3.37. The Hall–Kier alpha value is -1.91. The first kappa shape index (κ1) is 24.2. The van der Waals surface area contributed by atoms with Crippen molar-refractivity contribution < 1.29 is 17.6 Å². The lowest BCUT2D eigenvalue weighted by atomic mass is 9.87. The number of thioether (sulfide) groups is 1. The lowest BCUT2D eigenvalue weighted by Crippen LogP contribution is -2.40. The number of benzene rings is 1. The summed E-state index contributed by atoms with van der Waals surface area (Å²) in [7, 11) is -1.67. The zero-order valence-corrected chi connectivity index (χ0v) is 20.9. The van der Waals surface area contributed by atoms with Crippen LogP contribution >= 0.6 is 11.8 Å². The number of hydrogen-bond donors (Lipinski definition) is 0. The van der Waals surface area contributed by atoms with E-state index in [1.807, 2.05) is 11.9 Å². The van der Waals surface area contributed by atoms with Gasteiger partial charge in [0.05, 0.1) is 10.6 Å². The first-order valence-corrected chi connectivity index (χ1v) is 14.1. The molecule has 10 heteroatoms. The van der Waals surface area contributed by atoms with Crippen LogP contribution in [0, 0.1) is 5.92 Å². The first-order chi connectivity index (χ1) is 15.8. The van der Waals surface area contributed by atoms with Gasteiger partial charge >= 0.3 is 0 Å². The molecule has 2 aliphatic rings. The molecule has 2 fully saturated rings. The van der Waals surface area contributed by atoms with Gasteiger partial charge in [-0.05, 0) is 62.6 Å². The fraction of sp³-hybridized carbons (Fsp3) is 0.609. The maximum absolute atomic E-state index is 13.0. The van der Waals surface area contributed by atoms with Crippen molar-refractivity contribution in [2.24, 2.45) is 5.92 Å². The van der Waals surface area contributed by atoms with Crippen molar-refractivity contribution in [1.29, 1.82) is 0 Å². The van der Waals surface area contributed by atoms with E-state index in [1.165, 1.54) is 11.8 Å². The Balaban J connectivity index is 1.38. The molecular formula is C23H32N4O4S2. The minimum absolute atomic E-state index is 0.0499. The number of hydrogen-bond acceptors (Lipinski definition) is 7. The third-order valence-corrected chi connectivity index (χ3v) is 9.38. The number of rotatable bonds is 7. The molecule has 0 bridgehead atoms. The predicted octanol–water partition coefficient (Wildman–Crippen LogP) is 4.04. The number of piperidine rings is 1. The van der Waals surface area contributed by atoms with Gasteiger partial charge in [-0.25, -0.2) is 8.42 Å². The predicted molar refractivity (Wildman–Crippen MR) is 127 cm³/mol. The van der Waals surface area contributed by atoms with Gasteiger partial charge in [-0.1, -0.05) is 31.2 Å². The number of aromatic nitrogens is 2. The van der Waals surface area contributed by atoms with Crippen molar-refractivity contribution in [3.05, 3.63) is 24.3 Å². The second-order valence-corrected chi connectivity index (χ2v) is 11.9. The van der Waals surface area contributed by atoms with Crippen LogP contribution in [0.1, 0.15) is 51.9 Å². The molecule has 1 saturated carbocycles. The minimum Gasteiger partial charge on any atom is -0.411 e. The van der Waals surface area contributed by atoms with E-state index in [9.17, 15) is 13.2 Å². The molecule has 0 unspecified atom stereocenters. The molecule has 4 rings (SSSR count). The van der Waals surface area contributed by atoms with E-state index in [0.29, 0.717) is 29.9 Å². The fourth-order valence-corrected chi connectivity index (χ4v) is 6.74. The first-order valence-electron chi connectivity index (χ1n) is 11.7. The summed E-state index contributed by atoms with van der Waals surface area (Å²) < 4.78 is 33.2. The van der Waals surface area contributed by atoms with Gasteiger partial charge < -0.3 is 9.32 Å². The molecule has 1 amide bonds. The Bertz CT molecular complexity index is 1060. The van der Waals surface area contributed by atoms with Gasteiger partial charge in [-0.2, -0.15) is 4.31 Å². The SMILES string of the molecule is CC1CCC(N(C)C(=O)CSc2nnc(-c3cccc(S(=O)(=O)N4CCCCC4)c3)o2)CC1. The molecule has 0 atom stereocenters. The zero-order chi connectivity index (χ0) is 23.4. The Morgan fingerprint density at radius 1 is 1.15 bits per heavy atom. The molecule has 180 valence electrons. The number of sulfonamides is 1. The van der Waals surface area contributed by atoms with Gasteiger partial charge in [0.1, 0.15) is 0 Å². The number of nitrogens with zero attached hydrogens (tertiary/aromatic N) is 4. The molecule has 1 aromatic heterocycles. The van der Waals surface area contributed by atoms with Crippen molar-refractivity contribution in [2.75, 3.05) is 25.9 Å². The lowest BCUT2D eigenvalue weighted by molar-refractivity contribution is -0.129. The highest BCUT2D eigenvalue weighted by atomic mass is 32.2. The highest BCUT2D eigenvalue weighted by molar-refractivity contribution is 7.99. The van der Waals surface area contributed by atoms with E-state index in [4.69, 9.17) is 4.42 Å². The minimum atomic E-state index is -3.54. The zero-order valence-electron chi connectivity index (χ0n) is 19.3. The molecule has 2 aromatic rings. The van der Waals surface area contributed by atoms with Crippen LogP contribution in [-0.2, 0) is 14.8 Å². The third-order valence-electron chi connectivity index (χ3n) is 6.69. The van der Waals surface area contributed by atoms with Gasteiger partial charge in [0.2, 0.25) is 21.8 Å². The molecule has 2 heterocycles. The molecule has 8 nitrogen and oxygen atoms in total. The summed E-state index contributed by atoms with van der Waals surface area (Å²) in [6, 6.07) is 6.92. The summed E-state index contributed by atoms with van der Waals surface area (Å²) in [6.07, 6.45) is 7.26. The molecule has 0 N–H and O–H groups in total. The van der Waals surface area contributed by atoms with E-state index in [-0.39, 0.29) is 22.4 Å². The molecule has 0 spiro atoms. The van der Waals surface area contributed by atoms with Crippen molar-refractivity contribution >= 4 is 27.7 Å². The van der Waals surface area contributed by atoms with Crippen LogP contribution < -0.4 is 0 Å². The highest BCUT2D eigenvalue weighted by Gasteiger charge is 2.27. The standard InChI is InChI=1S/C23H32N4O4S2/c1-17-9-11-19(12-10-17)26(2)21(28)16-32-23-25-24-22(31-23)18-7-6-8-20(15-18)33(29,30)27-13-4-3-5-14-27/h6-8,15,17,19H,3-5,9-14,16H2,1-2H3. The van der Waals surface area contributed by atoms with E-state index in [0.717, 1.165) is 50.9 Å². The molecule has 33 heavy (non-hydrogen) atoms. The largest absolute Gasteiger partial charge is 0.411 e. The van der Waals surface area contributed by atoms with E-state index < -0.39 is 10.0 Å². The van der Waals surface area contributed by atoms with Crippen LogP contribution in [-0.4, -0.2) is 65.7 Å². The second kappa shape index (κ2) is 10.6. The lowest BCUT2D eigenvalue weighted by Gasteiger charge is -2.33. The summed E-state index contributed by atoms with van der Waals surface area (Å²) in [4.78, 5) is 14.7. The normalized spacial score (nSPS) is 22.2. The van der Waals surface area contributed by atoms with Crippen molar-refractivity contribution in [1.82, 2.24) is 19.4 Å². The topological polar surface area (TPSA) is 96.6 Å². The average molecular weight is 493 g/mol. The summed E-state index contributed by atoms with van der Waals surface area (Å²) in [5, 5.41) is 8.42.